The number of carbonyl (C=O) groups is 1. The fourth-order valence-electron chi connectivity index (χ4n) is 1.97. The van der Waals surface area contributed by atoms with Gasteiger partial charge in [-0.15, -0.1) is 0 Å². The molecule has 3 N–H and O–H groups in total. The van der Waals surface area contributed by atoms with Gasteiger partial charge in [-0.1, -0.05) is 32.0 Å². The van der Waals surface area contributed by atoms with Crippen molar-refractivity contribution in [2.24, 2.45) is 11.1 Å². The van der Waals surface area contributed by atoms with Gasteiger partial charge in [0.2, 0.25) is 5.91 Å². The van der Waals surface area contributed by atoms with Gasteiger partial charge in [0, 0.05) is 6.54 Å². The second kappa shape index (κ2) is 4.73. The lowest BCUT2D eigenvalue weighted by Gasteiger charge is -2.26. The minimum atomic E-state index is -0.537. The van der Waals surface area contributed by atoms with Crippen LogP contribution >= 0.6 is 12.2 Å². The van der Waals surface area contributed by atoms with Gasteiger partial charge in [0.1, 0.15) is 0 Å². The third kappa shape index (κ3) is 2.05. The number of hydrogen-bond donors (Lipinski definition) is 2. The maximum atomic E-state index is 11.9. The number of carbonyl (C=O) groups excluding carboxylic acids is 1. The third-order valence-electron chi connectivity index (χ3n) is 2.90. The summed E-state index contributed by atoms with van der Waals surface area (Å²) in [5.41, 5.74) is 5.14. The minimum absolute atomic E-state index is 0.0318. The van der Waals surface area contributed by atoms with Crippen LogP contribution in [0.25, 0.3) is 0 Å². The largest absolute Gasteiger partial charge is 0.392 e. The van der Waals surface area contributed by atoms with Crippen molar-refractivity contribution in [1.82, 2.24) is 5.32 Å². The fraction of sp³-hybridized carbons (Fsp3) is 0.800. The molecular weight excluding hydrogens is 196 g/mol. The third-order valence-corrected chi connectivity index (χ3v) is 3.29. The zero-order valence-electron chi connectivity index (χ0n) is 8.64. The lowest BCUT2D eigenvalue weighted by Crippen LogP contribution is -2.47. The topological polar surface area (TPSA) is 55.1 Å². The average Bonchev–Trinajstić information content (AvgIpc) is 2.63. The van der Waals surface area contributed by atoms with Gasteiger partial charge in [-0.3, -0.25) is 4.79 Å². The molecule has 0 atom stereocenters. The molecule has 0 unspecified atom stereocenters. The summed E-state index contributed by atoms with van der Waals surface area (Å²) in [5, 5.41) is 2.89. The maximum Gasteiger partial charge on any atom is 0.233 e. The second-order valence-corrected chi connectivity index (χ2v) is 4.35. The van der Waals surface area contributed by atoms with Crippen LogP contribution in [0.2, 0.25) is 0 Å². The van der Waals surface area contributed by atoms with Crippen LogP contribution in [0.5, 0.6) is 0 Å². The molecule has 1 aliphatic carbocycles. The summed E-state index contributed by atoms with van der Waals surface area (Å²) in [5.74, 6) is 0.0318. The van der Waals surface area contributed by atoms with E-state index in [0.29, 0.717) is 11.5 Å². The van der Waals surface area contributed by atoms with Gasteiger partial charge in [0.15, 0.2) is 0 Å². The molecule has 1 rings (SSSR count). The van der Waals surface area contributed by atoms with Gasteiger partial charge in [0.05, 0.1) is 10.4 Å². The number of hydrogen-bond acceptors (Lipinski definition) is 2. The normalized spacial score (nSPS) is 19.2. The molecule has 1 aliphatic rings. The second-order valence-electron chi connectivity index (χ2n) is 3.91. The van der Waals surface area contributed by atoms with Crippen molar-refractivity contribution in [3.05, 3.63) is 0 Å². The van der Waals surface area contributed by atoms with E-state index in [1.54, 1.807) is 0 Å². The van der Waals surface area contributed by atoms with Crippen LogP contribution in [0.3, 0.4) is 0 Å². The lowest BCUT2D eigenvalue weighted by molar-refractivity contribution is -0.127. The average molecular weight is 214 g/mol. The number of amides is 1. The van der Waals surface area contributed by atoms with Gasteiger partial charge in [-0.25, -0.2) is 0 Å². The summed E-state index contributed by atoms with van der Waals surface area (Å²) in [6, 6.07) is 0. The van der Waals surface area contributed by atoms with Crippen molar-refractivity contribution in [3.8, 4) is 0 Å². The van der Waals surface area contributed by atoms with Gasteiger partial charge < -0.3 is 11.1 Å². The van der Waals surface area contributed by atoms with Crippen LogP contribution in [0.15, 0.2) is 0 Å². The molecule has 14 heavy (non-hydrogen) atoms. The molecule has 1 amide bonds. The van der Waals surface area contributed by atoms with Crippen molar-refractivity contribution in [2.45, 2.75) is 39.0 Å². The van der Waals surface area contributed by atoms with Gasteiger partial charge in [0.25, 0.3) is 0 Å². The van der Waals surface area contributed by atoms with E-state index in [1.807, 2.05) is 6.92 Å². The summed E-state index contributed by atoms with van der Waals surface area (Å²) < 4.78 is 0. The standard InChI is InChI=1S/C10H18N2OS/c1-2-7-12-9(13)10(8(11)14)5-3-4-6-10/h2-7H2,1H3,(H2,11,14)(H,12,13). The highest BCUT2D eigenvalue weighted by Crippen LogP contribution is 2.38. The minimum Gasteiger partial charge on any atom is -0.392 e. The monoisotopic (exact) mass is 214 g/mol. The van der Waals surface area contributed by atoms with Gasteiger partial charge in [-0.2, -0.15) is 0 Å². The molecule has 0 aromatic heterocycles. The number of nitrogens with two attached hydrogens (primary N) is 1. The summed E-state index contributed by atoms with van der Waals surface area (Å²) >= 11 is 5.01. The van der Waals surface area contributed by atoms with E-state index < -0.39 is 5.41 Å². The van der Waals surface area contributed by atoms with Gasteiger partial charge in [-0.05, 0) is 19.3 Å². The maximum absolute atomic E-state index is 11.9. The summed E-state index contributed by atoms with van der Waals surface area (Å²) in [7, 11) is 0. The molecule has 0 bridgehead atoms. The van der Waals surface area contributed by atoms with E-state index in [9.17, 15) is 4.79 Å². The Hall–Kier alpha value is -0.640. The molecule has 0 spiro atoms. The van der Waals surface area contributed by atoms with E-state index in [0.717, 1.165) is 32.1 Å². The molecule has 0 heterocycles. The Morgan fingerprint density at radius 2 is 2.07 bits per heavy atom. The van der Waals surface area contributed by atoms with Crippen LogP contribution < -0.4 is 11.1 Å². The molecule has 3 nitrogen and oxygen atoms in total. The molecular formula is C10H18N2OS. The molecule has 1 saturated carbocycles. The van der Waals surface area contributed by atoms with Gasteiger partial charge >= 0.3 is 0 Å². The Balaban J connectivity index is 2.67. The highest BCUT2D eigenvalue weighted by Gasteiger charge is 2.43. The van der Waals surface area contributed by atoms with Crippen LogP contribution in [-0.2, 0) is 4.79 Å². The first-order chi connectivity index (χ1) is 6.63. The first-order valence-electron chi connectivity index (χ1n) is 5.21. The molecule has 0 radical (unpaired) electrons. The molecule has 4 heteroatoms. The van der Waals surface area contributed by atoms with Crippen molar-refractivity contribution in [2.75, 3.05) is 6.54 Å². The number of rotatable bonds is 4. The van der Waals surface area contributed by atoms with Crippen molar-refractivity contribution in [3.63, 3.8) is 0 Å². The first kappa shape index (κ1) is 11.4. The summed E-state index contributed by atoms with van der Waals surface area (Å²) in [6.07, 6.45) is 4.68. The molecule has 0 aliphatic heterocycles. The highest BCUT2D eigenvalue weighted by atomic mass is 32.1. The Morgan fingerprint density at radius 1 is 1.50 bits per heavy atom. The highest BCUT2D eigenvalue weighted by molar-refractivity contribution is 7.80. The lowest BCUT2D eigenvalue weighted by atomic mass is 9.85. The predicted molar refractivity (Wildman–Crippen MR) is 61.0 cm³/mol. The smallest absolute Gasteiger partial charge is 0.233 e. The fourth-order valence-corrected chi connectivity index (χ4v) is 2.27. The van der Waals surface area contributed by atoms with Crippen molar-refractivity contribution >= 4 is 23.1 Å². The molecule has 1 fully saturated rings. The SMILES string of the molecule is CCCNC(=O)C1(C(N)=S)CCCC1. The van der Waals surface area contributed by atoms with E-state index in [-0.39, 0.29) is 5.91 Å². The summed E-state index contributed by atoms with van der Waals surface area (Å²) in [4.78, 5) is 12.3. The van der Waals surface area contributed by atoms with Crippen molar-refractivity contribution in [1.29, 1.82) is 0 Å². The van der Waals surface area contributed by atoms with Crippen molar-refractivity contribution < 1.29 is 4.79 Å². The number of nitrogens with one attached hydrogen (secondary N) is 1. The summed E-state index contributed by atoms with van der Waals surface area (Å²) in [6.45, 7) is 2.74. The zero-order chi connectivity index (χ0) is 10.6. The molecule has 80 valence electrons. The zero-order valence-corrected chi connectivity index (χ0v) is 9.45. The Morgan fingerprint density at radius 3 is 2.50 bits per heavy atom. The van der Waals surface area contributed by atoms with E-state index >= 15 is 0 Å². The predicted octanol–water partition coefficient (Wildman–Crippen LogP) is 1.36. The van der Waals surface area contributed by atoms with E-state index in [4.69, 9.17) is 18.0 Å². The molecule has 0 saturated heterocycles. The number of thiocarbonyl (C=S) groups is 1. The molecule has 0 aromatic carbocycles. The van der Waals surface area contributed by atoms with E-state index in [1.165, 1.54) is 0 Å². The van der Waals surface area contributed by atoms with E-state index in [2.05, 4.69) is 5.32 Å². The Bertz CT molecular complexity index is 234. The van der Waals surface area contributed by atoms with Crippen LogP contribution in [0.1, 0.15) is 39.0 Å². The molecule has 0 aromatic rings. The first-order valence-corrected chi connectivity index (χ1v) is 5.62. The Labute approximate surface area is 90.4 Å². The van der Waals surface area contributed by atoms with Crippen LogP contribution in [0, 0.1) is 5.41 Å². The van der Waals surface area contributed by atoms with Crippen LogP contribution in [-0.4, -0.2) is 17.4 Å². The van der Waals surface area contributed by atoms with Crippen LogP contribution in [0.4, 0.5) is 0 Å². The quantitative estimate of drug-likeness (QED) is 0.695. The Kier molecular flexibility index (Phi) is 3.86.